The summed E-state index contributed by atoms with van der Waals surface area (Å²) in [6, 6.07) is 7.15. The van der Waals surface area contributed by atoms with Crippen LogP contribution in [0.4, 0.5) is 0 Å². The number of carbonyl (C=O) groups is 1. The number of benzene rings is 1. The Morgan fingerprint density at radius 1 is 1.37 bits per heavy atom. The highest BCUT2D eigenvalue weighted by molar-refractivity contribution is 5.79. The summed E-state index contributed by atoms with van der Waals surface area (Å²) < 4.78 is 17.6. The zero-order valence-electron chi connectivity index (χ0n) is 15.8. The van der Waals surface area contributed by atoms with Crippen LogP contribution < -0.4 is 4.74 Å². The average molecular weight is 374 g/mol. The van der Waals surface area contributed by atoms with Crippen molar-refractivity contribution in [2.75, 3.05) is 33.0 Å². The number of hydrogen-bond donors (Lipinski definition) is 1. The van der Waals surface area contributed by atoms with Gasteiger partial charge in [0.15, 0.2) is 0 Å². The molecule has 146 valence electrons. The van der Waals surface area contributed by atoms with Crippen LogP contribution in [0, 0.1) is 11.3 Å². The van der Waals surface area contributed by atoms with E-state index < -0.39 is 11.7 Å². The fourth-order valence-corrected chi connectivity index (χ4v) is 3.81. The Morgan fingerprint density at radius 2 is 2.19 bits per heavy atom. The first kappa shape index (κ1) is 19.6. The molecule has 27 heavy (non-hydrogen) atoms. The molecule has 1 N–H and O–H groups in total. The van der Waals surface area contributed by atoms with Crippen molar-refractivity contribution in [1.29, 1.82) is 5.26 Å². The molecule has 0 spiro atoms. The van der Waals surface area contributed by atoms with Crippen LogP contribution in [0.2, 0.25) is 0 Å². The van der Waals surface area contributed by atoms with E-state index in [2.05, 4.69) is 6.07 Å². The maximum Gasteiger partial charge on any atom is 0.223 e. The number of nitrogens with zero attached hydrogens (tertiary/aromatic N) is 2. The number of hydrogen-bond acceptors (Lipinski definition) is 6. The Bertz CT molecular complexity index is 728. The van der Waals surface area contributed by atoms with Crippen LogP contribution >= 0.6 is 0 Å². The molecule has 7 nitrogen and oxygen atoms in total. The van der Waals surface area contributed by atoms with Crippen molar-refractivity contribution in [3.8, 4) is 11.8 Å². The second kappa shape index (κ2) is 8.26. The number of rotatable bonds is 7. The van der Waals surface area contributed by atoms with Gasteiger partial charge in [-0.15, -0.1) is 0 Å². The molecule has 0 unspecified atom stereocenters. The predicted molar refractivity (Wildman–Crippen MR) is 97.2 cm³/mol. The Balaban J connectivity index is 1.92. The zero-order valence-corrected chi connectivity index (χ0v) is 15.8. The zero-order chi connectivity index (χ0) is 19.4. The molecular weight excluding hydrogens is 348 g/mol. The second-order valence-corrected chi connectivity index (χ2v) is 7.33. The number of aliphatic hydroxyl groups is 1. The summed E-state index contributed by atoms with van der Waals surface area (Å²) in [4.78, 5) is 14.4. The minimum atomic E-state index is -0.661. The van der Waals surface area contributed by atoms with Gasteiger partial charge in [0.2, 0.25) is 5.91 Å². The number of carbonyl (C=O) groups excluding carboxylic acids is 1. The molecule has 3 rings (SSSR count). The van der Waals surface area contributed by atoms with Crippen molar-refractivity contribution in [3.05, 3.63) is 29.3 Å². The van der Waals surface area contributed by atoms with Crippen LogP contribution in [0.3, 0.4) is 0 Å². The number of aliphatic hydroxyl groups excluding tert-OH is 1. The van der Waals surface area contributed by atoms with E-state index in [-0.39, 0.29) is 25.2 Å². The molecule has 1 amide bonds. The van der Waals surface area contributed by atoms with Crippen LogP contribution in [-0.4, -0.2) is 60.6 Å². The van der Waals surface area contributed by atoms with Crippen LogP contribution in [0.15, 0.2) is 18.2 Å². The fraction of sp³-hybridized carbons (Fsp3) is 0.600. The lowest BCUT2D eigenvalue weighted by Crippen LogP contribution is -2.55. The van der Waals surface area contributed by atoms with Crippen molar-refractivity contribution in [1.82, 2.24) is 4.90 Å². The summed E-state index contributed by atoms with van der Waals surface area (Å²) >= 11 is 0. The third-order valence-corrected chi connectivity index (χ3v) is 5.01. The van der Waals surface area contributed by atoms with Gasteiger partial charge in [0.1, 0.15) is 17.5 Å². The summed E-state index contributed by atoms with van der Waals surface area (Å²) in [5.74, 6) is 0.774. The molecule has 2 aliphatic heterocycles. The van der Waals surface area contributed by atoms with Crippen molar-refractivity contribution < 1.29 is 24.1 Å². The third kappa shape index (κ3) is 4.08. The summed E-state index contributed by atoms with van der Waals surface area (Å²) in [7, 11) is 0. The van der Waals surface area contributed by atoms with Gasteiger partial charge in [-0.2, -0.15) is 5.26 Å². The summed E-state index contributed by atoms with van der Waals surface area (Å²) in [6.07, 6.45) is 0.937. The van der Waals surface area contributed by atoms with Crippen LogP contribution in [-0.2, 0) is 14.3 Å². The SMILES string of the molecule is CC1(C)Oc2ccc(C#N)cc2[C@@H](N2CCCC2=O)[C@@H]1OCCOCCO. The van der Waals surface area contributed by atoms with E-state index >= 15 is 0 Å². The third-order valence-electron chi connectivity index (χ3n) is 5.01. The molecule has 0 saturated carbocycles. The molecule has 2 aliphatic rings. The fourth-order valence-electron chi connectivity index (χ4n) is 3.81. The van der Waals surface area contributed by atoms with Gasteiger partial charge in [-0.3, -0.25) is 4.79 Å². The minimum absolute atomic E-state index is 0.0345. The van der Waals surface area contributed by atoms with E-state index in [4.69, 9.17) is 19.3 Å². The number of amides is 1. The minimum Gasteiger partial charge on any atom is -0.485 e. The molecule has 0 aromatic heterocycles. The van der Waals surface area contributed by atoms with E-state index in [0.717, 1.165) is 12.0 Å². The maximum absolute atomic E-state index is 12.5. The molecule has 1 aromatic carbocycles. The maximum atomic E-state index is 12.5. The first-order chi connectivity index (χ1) is 13.0. The molecule has 2 heterocycles. The lowest BCUT2D eigenvalue weighted by atomic mass is 9.84. The number of likely N-dealkylation sites (tertiary alicyclic amines) is 1. The van der Waals surface area contributed by atoms with E-state index in [1.54, 1.807) is 18.2 Å². The van der Waals surface area contributed by atoms with Crippen molar-refractivity contribution in [2.24, 2.45) is 0 Å². The highest BCUT2D eigenvalue weighted by atomic mass is 16.6. The van der Waals surface area contributed by atoms with Crippen LogP contribution in [0.5, 0.6) is 5.75 Å². The molecule has 7 heteroatoms. The van der Waals surface area contributed by atoms with E-state index in [9.17, 15) is 10.1 Å². The summed E-state index contributed by atoms with van der Waals surface area (Å²) in [6.45, 7) is 5.45. The smallest absolute Gasteiger partial charge is 0.223 e. The van der Waals surface area contributed by atoms with E-state index in [1.165, 1.54) is 0 Å². The molecule has 2 atom stereocenters. The normalized spacial score (nSPS) is 23.6. The lowest BCUT2D eigenvalue weighted by Gasteiger charge is -2.47. The quantitative estimate of drug-likeness (QED) is 0.732. The Hall–Kier alpha value is -2.14. The van der Waals surface area contributed by atoms with Gasteiger partial charge in [0.05, 0.1) is 44.1 Å². The lowest BCUT2D eigenvalue weighted by molar-refractivity contribution is -0.151. The summed E-state index contributed by atoms with van der Waals surface area (Å²) in [5.41, 5.74) is 0.676. The summed E-state index contributed by atoms with van der Waals surface area (Å²) in [5, 5.41) is 18.1. The molecule has 0 aliphatic carbocycles. The highest BCUT2D eigenvalue weighted by Gasteiger charge is 2.49. The Labute approximate surface area is 159 Å². The van der Waals surface area contributed by atoms with E-state index in [0.29, 0.717) is 37.5 Å². The first-order valence-corrected chi connectivity index (χ1v) is 9.30. The molecule has 0 bridgehead atoms. The first-order valence-electron chi connectivity index (χ1n) is 9.30. The van der Waals surface area contributed by atoms with Crippen molar-refractivity contribution >= 4 is 5.91 Å². The standard InChI is InChI=1S/C20H26N2O5/c1-20(2)19(26-11-10-25-9-8-23)18(22-7-3-4-17(22)24)15-12-14(13-21)5-6-16(15)27-20/h5-6,12,18-19,23H,3-4,7-11H2,1-2H3/t18-,19+/m1/s1. The van der Waals surface area contributed by atoms with Gasteiger partial charge in [-0.1, -0.05) is 0 Å². The Morgan fingerprint density at radius 3 is 2.85 bits per heavy atom. The number of fused-ring (bicyclic) bond motifs is 1. The highest BCUT2D eigenvalue weighted by Crippen LogP contribution is 2.45. The van der Waals surface area contributed by atoms with Crippen LogP contribution in [0.25, 0.3) is 0 Å². The Kier molecular flexibility index (Phi) is 6.00. The molecule has 1 aromatic rings. The number of ether oxygens (including phenoxy) is 3. The molecular formula is C20H26N2O5. The van der Waals surface area contributed by atoms with Crippen molar-refractivity contribution in [2.45, 2.75) is 44.4 Å². The predicted octanol–water partition coefficient (Wildman–Crippen LogP) is 1.79. The van der Waals surface area contributed by atoms with Gasteiger partial charge in [0, 0.05) is 18.5 Å². The molecule has 1 fully saturated rings. The monoisotopic (exact) mass is 374 g/mol. The van der Waals surface area contributed by atoms with Crippen LogP contribution in [0.1, 0.15) is 43.9 Å². The topological polar surface area (TPSA) is 92.0 Å². The van der Waals surface area contributed by atoms with Gasteiger partial charge >= 0.3 is 0 Å². The van der Waals surface area contributed by atoms with Gasteiger partial charge < -0.3 is 24.2 Å². The molecule has 0 radical (unpaired) electrons. The van der Waals surface area contributed by atoms with Gasteiger partial charge in [-0.05, 0) is 38.5 Å². The molecule has 1 saturated heterocycles. The largest absolute Gasteiger partial charge is 0.485 e. The van der Waals surface area contributed by atoms with Gasteiger partial charge in [-0.25, -0.2) is 0 Å². The van der Waals surface area contributed by atoms with E-state index in [1.807, 2.05) is 18.7 Å². The van der Waals surface area contributed by atoms with Gasteiger partial charge in [0.25, 0.3) is 0 Å². The number of nitriles is 1. The second-order valence-electron chi connectivity index (χ2n) is 7.33. The van der Waals surface area contributed by atoms with Crippen molar-refractivity contribution in [3.63, 3.8) is 0 Å². The average Bonchev–Trinajstić information content (AvgIpc) is 3.06.